The molecule has 5 nitrogen and oxygen atoms in total. The van der Waals surface area contributed by atoms with Crippen LogP contribution in [0.1, 0.15) is 18.9 Å². The van der Waals surface area contributed by atoms with Gasteiger partial charge in [0.25, 0.3) is 0 Å². The van der Waals surface area contributed by atoms with Crippen molar-refractivity contribution in [2.75, 3.05) is 37.7 Å². The monoisotopic (exact) mass is 235 g/mol. The minimum Gasteiger partial charge on any atom is -0.383 e. The maximum absolute atomic E-state index is 5.84. The molecule has 1 aliphatic rings. The van der Waals surface area contributed by atoms with Crippen LogP contribution in [0.3, 0.4) is 0 Å². The zero-order valence-electron chi connectivity index (χ0n) is 10.6. The number of hydrogen-bond acceptors (Lipinski definition) is 5. The Balaban J connectivity index is 1.97. The van der Waals surface area contributed by atoms with E-state index in [1.165, 1.54) is 19.3 Å². The van der Waals surface area contributed by atoms with Gasteiger partial charge in [0.15, 0.2) is 0 Å². The van der Waals surface area contributed by atoms with E-state index in [9.17, 15) is 0 Å². The Kier molecular flexibility index (Phi) is 3.78. The molecule has 1 fully saturated rings. The molecule has 0 aromatic carbocycles. The molecule has 1 saturated heterocycles. The second-order valence-corrected chi connectivity index (χ2v) is 4.74. The minimum absolute atomic E-state index is 0.591. The molecule has 0 spiro atoms. The summed E-state index contributed by atoms with van der Waals surface area (Å²) in [4.78, 5) is 10.7. The molecule has 5 heteroatoms. The van der Waals surface area contributed by atoms with Crippen molar-refractivity contribution in [2.24, 2.45) is 5.92 Å². The van der Waals surface area contributed by atoms with E-state index < -0.39 is 0 Å². The Hall–Kier alpha value is -1.36. The average Bonchev–Trinajstić information content (AvgIpc) is 2.72. The van der Waals surface area contributed by atoms with Crippen molar-refractivity contribution < 1.29 is 0 Å². The summed E-state index contributed by atoms with van der Waals surface area (Å²) in [5.74, 6) is 2.20. The van der Waals surface area contributed by atoms with Gasteiger partial charge >= 0.3 is 0 Å². The van der Waals surface area contributed by atoms with Crippen molar-refractivity contribution in [3.63, 3.8) is 0 Å². The SMILES string of the molecule is CCc1c(N)ncnc1NCC1CCN(C)C1. The summed E-state index contributed by atoms with van der Waals surface area (Å²) in [6.07, 6.45) is 3.64. The van der Waals surface area contributed by atoms with Gasteiger partial charge < -0.3 is 16.0 Å². The molecule has 1 aromatic heterocycles. The summed E-state index contributed by atoms with van der Waals surface area (Å²) < 4.78 is 0. The summed E-state index contributed by atoms with van der Waals surface area (Å²) in [5.41, 5.74) is 6.87. The number of nitrogens with zero attached hydrogens (tertiary/aromatic N) is 3. The van der Waals surface area contributed by atoms with Gasteiger partial charge in [0.1, 0.15) is 18.0 Å². The Bertz CT molecular complexity index is 379. The molecule has 1 unspecified atom stereocenters. The van der Waals surface area contributed by atoms with Gasteiger partial charge in [-0.05, 0) is 32.4 Å². The van der Waals surface area contributed by atoms with E-state index in [0.29, 0.717) is 11.7 Å². The van der Waals surface area contributed by atoms with Gasteiger partial charge in [-0.3, -0.25) is 0 Å². The second-order valence-electron chi connectivity index (χ2n) is 4.74. The van der Waals surface area contributed by atoms with Gasteiger partial charge in [-0.15, -0.1) is 0 Å². The fourth-order valence-electron chi connectivity index (χ4n) is 2.36. The van der Waals surface area contributed by atoms with Crippen LogP contribution in [-0.2, 0) is 6.42 Å². The highest BCUT2D eigenvalue weighted by Gasteiger charge is 2.19. The molecule has 0 saturated carbocycles. The van der Waals surface area contributed by atoms with Gasteiger partial charge in [-0.25, -0.2) is 9.97 Å². The highest BCUT2D eigenvalue weighted by Crippen LogP contribution is 2.20. The van der Waals surface area contributed by atoms with E-state index in [-0.39, 0.29) is 0 Å². The van der Waals surface area contributed by atoms with Crippen molar-refractivity contribution in [3.8, 4) is 0 Å². The van der Waals surface area contributed by atoms with Crippen molar-refractivity contribution in [1.29, 1.82) is 0 Å². The number of nitrogens with one attached hydrogen (secondary N) is 1. The molecule has 3 N–H and O–H groups in total. The molecule has 0 bridgehead atoms. The minimum atomic E-state index is 0.591. The zero-order valence-corrected chi connectivity index (χ0v) is 10.6. The number of nitrogens with two attached hydrogens (primary N) is 1. The second kappa shape index (κ2) is 5.31. The Morgan fingerprint density at radius 2 is 2.35 bits per heavy atom. The third kappa shape index (κ3) is 2.85. The van der Waals surface area contributed by atoms with Crippen LogP contribution in [0.5, 0.6) is 0 Å². The first-order chi connectivity index (χ1) is 8.20. The van der Waals surface area contributed by atoms with Crippen molar-refractivity contribution in [1.82, 2.24) is 14.9 Å². The van der Waals surface area contributed by atoms with Crippen LogP contribution in [0.2, 0.25) is 0 Å². The van der Waals surface area contributed by atoms with E-state index in [1.807, 2.05) is 0 Å². The van der Waals surface area contributed by atoms with Crippen molar-refractivity contribution in [3.05, 3.63) is 11.9 Å². The lowest BCUT2D eigenvalue weighted by Gasteiger charge is -2.14. The lowest BCUT2D eigenvalue weighted by atomic mass is 10.1. The van der Waals surface area contributed by atoms with Crippen LogP contribution in [0.25, 0.3) is 0 Å². The highest BCUT2D eigenvalue weighted by atomic mass is 15.1. The normalized spacial score (nSPS) is 20.7. The van der Waals surface area contributed by atoms with E-state index >= 15 is 0 Å². The van der Waals surface area contributed by atoms with Crippen LogP contribution in [-0.4, -0.2) is 41.5 Å². The Labute approximate surface area is 102 Å². The van der Waals surface area contributed by atoms with Gasteiger partial charge in [0.2, 0.25) is 0 Å². The highest BCUT2D eigenvalue weighted by molar-refractivity contribution is 5.54. The summed E-state index contributed by atoms with van der Waals surface area (Å²) in [7, 11) is 2.17. The van der Waals surface area contributed by atoms with E-state index in [0.717, 1.165) is 30.9 Å². The molecular weight excluding hydrogens is 214 g/mol. The molecule has 2 heterocycles. The first-order valence-electron chi connectivity index (χ1n) is 6.22. The predicted molar refractivity (Wildman–Crippen MR) is 69.9 cm³/mol. The van der Waals surface area contributed by atoms with Crippen LogP contribution in [0.15, 0.2) is 6.33 Å². The van der Waals surface area contributed by atoms with Gasteiger partial charge in [0.05, 0.1) is 0 Å². The van der Waals surface area contributed by atoms with Crippen LogP contribution >= 0.6 is 0 Å². The van der Waals surface area contributed by atoms with E-state index in [4.69, 9.17) is 5.73 Å². The molecule has 0 radical (unpaired) electrons. The van der Waals surface area contributed by atoms with Gasteiger partial charge in [0, 0.05) is 18.7 Å². The Morgan fingerprint density at radius 3 is 3.00 bits per heavy atom. The molecule has 1 aromatic rings. The summed E-state index contributed by atoms with van der Waals surface area (Å²) in [6.45, 7) is 5.39. The molecule has 17 heavy (non-hydrogen) atoms. The fraction of sp³-hybridized carbons (Fsp3) is 0.667. The molecule has 0 aliphatic carbocycles. The number of likely N-dealkylation sites (tertiary alicyclic amines) is 1. The molecule has 94 valence electrons. The first-order valence-corrected chi connectivity index (χ1v) is 6.22. The third-order valence-corrected chi connectivity index (χ3v) is 3.38. The van der Waals surface area contributed by atoms with Crippen LogP contribution in [0, 0.1) is 5.92 Å². The van der Waals surface area contributed by atoms with Crippen LogP contribution in [0.4, 0.5) is 11.6 Å². The zero-order chi connectivity index (χ0) is 12.3. The molecule has 1 atom stereocenters. The largest absolute Gasteiger partial charge is 0.383 e. The summed E-state index contributed by atoms with van der Waals surface area (Å²) in [6, 6.07) is 0. The van der Waals surface area contributed by atoms with E-state index in [1.54, 1.807) is 0 Å². The maximum atomic E-state index is 5.84. The maximum Gasteiger partial charge on any atom is 0.134 e. The predicted octanol–water partition coefficient (Wildman–Crippen LogP) is 0.985. The topological polar surface area (TPSA) is 67.1 Å². The van der Waals surface area contributed by atoms with Crippen LogP contribution < -0.4 is 11.1 Å². The fourth-order valence-corrected chi connectivity index (χ4v) is 2.36. The Morgan fingerprint density at radius 1 is 1.53 bits per heavy atom. The average molecular weight is 235 g/mol. The molecular formula is C12H21N5. The van der Waals surface area contributed by atoms with Gasteiger partial charge in [-0.1, -0.05) is 6.92 Å². The summed E-state index contributed by atoms with van der Waals surface area (Å²) in [5, 5.41) is 3.41. The van der Waals surface area contributed by atoms with Gasteiger partial charge in [-0.2, -0.15) is 0 Å². The number of rotatable bonds is 4. The number of anilines is 2. The first kappa shape index (κ1) is 12.1. The number of aromatic nitrogens is 2. The third-order valence-electron chi connectivity index (χ3n) is 3.38. The number of hydrogen-bond donors (Lipinski definition) is 2. The smallest absolute Gasteiger partial charge is 0.134 e. The molecule has 0 amide bonds. The lowest BCUT2D eigenvalue weighted by Crippen LogP contribution is -2.20. The molecule has 1 aliphatic heterocycles. The van der Waals surface area contributed by atoms with Crippen molar-refractivity contribution >= 4 is 11.6 Å². The molecule has 2 rings (SSSR count). The lowest BCUT2D eigenvalue weighted by molar-refractivity contribution is 0.399. The van der Waals surface area contributed by atoms with Crippen molar-refractivity contribution in [2.45, 2.75) is 19.8 Å². The standard InChI is InChI=1S/C12H21N5/c1-3-10-11(13)15-8-16-12(10)14-6-9-4-5-17(2)7-9/h8-9H,3-7H2,1-2H3,(H3,13,14,15,16). The quantitative estimate of drug-likeness (QED) is 0.814. The summed E-state index contributed by atoms with van der Waals surface area (Å²) >= 11 is 0. The number of nitrogen functional groups attached to an aromatic ring is 1. The van der Waals surface area contributed by atoms with E-state index in [2.05, 4.69) is 34.2 Å².